The van der Waals surface area contributed by atoms with Crippen molar-refractivity contribution in [3.8, 4) is 17.2 Å². The third kappa shape index (κ3) is 7.32. The standard InChI is InChI=1S/C25H22N2O6/c1-17(28)32-23-13-10-21(24(14-23)33-18(2)29)15-26-27-25(30)20-8-11-22(12-9-20)31-16-19-6-4-3-5-7-19/h3-15H,16H2,1-2H3,(H,27,30)/b26-15+. The number of nitrogens with one attached hydrogen (secondary N) is 1. The maximum absolute atomic E-state index is 12.4. The number of amides is 1. The summed E-state index contributed by atoms with van der Waals surface area (Å²) in [6.07, 6.45) is 1.32. The number of nitrogens with zero attached hydrogens (tertiary/aromatic N) is 1. The number of hydrogen-bond acceptors (Lipinski definition) is 7. The van der Waals surface area contributed by atoms with Gasteiger partial charge in [-0.25, -0.2) is 5.43 Å². The van der Waals surface area contributed by atoms with Crippen LogP contribution in [0.5, 0.6) is 17.2 Å². The van der Waals surface area contributed by atoms with Crippen molar-refractivity contribution in [3.63, 3.8) is 0 Å². The average Bonchev–Trinajstić information content (AvgIpc) is 2.79. The lowest BCUT2D eigenvalue weighted by molar-refractivity contribution is -0.132. The summed E-state index contributed by atoms with van der Waals surface area (Å²) >= 11 is 0. The molecule has 0 atom stereocenters. The second-order valence-electron chi connectivity index (χ2n) is 6.88. The molecule has 1 N–H and O–H groups in total. The molecule has 3 aromatic carbocycles. The van der Waals surface area contributed by atoms with Crippen LogP contribution < -0.4 is 19.6 Å². The van der Waals surface area contributed by atoms with E-state index in [0.717, 1.165) is 5.56 Å². The van der Waals surface area contributed by atoms with Gasteiger partial charge in [0.05, 0.1) is 6.21 Å². The molecule has 0 heterocycles. The first-order valence-electron chi connectivity index (χ1n) is 10.0. The number of benzene rings is 3. The van der Waals surface area contributed by atoms with Gasteiger partial charge in [0.1, 0.15) is 23.9 Å². The molecule has 1 amide bonds. The van der Waals surface area contributed by atoms with E-state index in [1.807, 2.05) is 30.3 Å². The molecule has 0 aliphatic carbocycles. The third-order valence-electron chi connectivity index (χ3n) is 4.23. The van der Waals surface area contributed by atoms with Crippen LogP contribution in [-0.4, -0.2) is 24.1 Å². The van der Waals surface area contributed by atoms with Crippen LogP contribution in [-0.2, 0) is 16.2 Å². The zero-order valence-corrected chi connectivity index (χ0v) is 18.1. The Morgan fingerprint density at radius 1 is 0.848 bits per heavy atom. The second kappa shape index (κ2) is 11.2. The lowest BCUT2D eigenvalue weighted by Crippen LogP contribution is -2.17. The van der Waals surface area contributed by atoms with Gasteiger partial charge in [-0.1, -0.05) is 30.3 Å². The predicted octanol–water partition coefficient (Wildman–Crippen LogP) is 3.88. The van der Waals surface area contributed by atoms with Gasteiger partial charge in [-0.05, 0) is 42.0 Å². The maximum Gasteiger partial charge on any atom is 0.308 e. The summed E-state index contributed by atoms with van der Waals surface area (Å²) in [5, 5.41) is 3.92. The van der Waals surface area contributed by atoms with E-state index < -0.39 is 17.8 Å². The highest BCUT2D eigenvalue weighted by Crippen LogP contribution is 2.24. The summed E-state index contributed by atoms with van der Waals surface area (Å²) in [4.78, 5) is 34.8. The monoisotopic (exact) mass is 446 g/mol. The molecule has 0 bridgehead atoms. The zero-order valence-electron chi connectivity index (χ0n) is 18.1. The number of ether oxygens (including phenoxy) is 3. The van der Waals surface area contributed by atoms with Gasteiger partial charge in [0, 0.05) is 31.0 Å². The molecule has 0 aliphatic heterocycles. The third-order valence-corrected chi connectivity index (χ3v) is 4.23. The molecule has 8 nitrogen and oxygen atoms in total. The van der Waals surface area contributed by atoms with Crippen molar-refractivity contribution >= 4 is 24.1 Å². The van der Waals surface area contributed by atoms with Gasteiger partial charge in [-0.15, -0.1) is 0 Å². The van der Waals surface area contributed by atoms with Gasteiger partial charge < -0.3 is 14.2 Å². The van der Waals surface area contributed by atoms with Crippen molar-refractivity contribution in [2.45, 2.75) is 20.5 Å². The first kappa shape index (κ1) is 23.2. The van der Waals surface area contributed by atoms with E-state index in [-0.39, 0.29) is 11.5 Å². The largest absolute Gasteiger partial charge is 0.489 e. The molecule has 0 aromatic heterocycles. The summed E-state index contributed by atoms with van der Waals surface area (Å²) in [5.74, 6) is -0.491. The van der Waals surface area contributed by atoms with Crippen LogP contribution in [0.1, 0.15) is 35.3 Å². The normalized spacial score (nSPS) is 10.5. The molecule has 33 heavy (non-hydrogen) atoms. The van der Waals surface area contributed by atoms with Crippen LogP contribution in [0.2, 0.25) is 0 Å². The molecule has 0 spiro atoms. The average molecular weight is 446 g/mol. The molecule has 8 heteroatoms. The van der Waals surface area contributed by atoms with Gasteiger partial charge >= 0.3 is 11.9 Å². The van der Waals surface area contributed by atoms with Crippen LogP contribution in [0.25, 0.3) is 0 Å². The Labute approximate surface area is 190 Å². The fraction of sp³-hybridized carbons (Fsp3) is 0.120. The minimum atomic E-state index is -0.553. The lowest BCUT2D eigenvalue weighted by Gasteiger charge is -2.08. The first-order chi connectivity index (χ1) is 15.9. The van der Waals surface area contributed by atoms with Gasteiger partial charge in [-0.2, -0.15) is 5.10 Å². The number of hydrazone groups is 1. The molecule has 3 aromatic rings. The molecule has 0 fully saturated rings. The predicted molar refractivity (Wildman–Crippen MR) is 121 cm³/mol. The minimum Gasteiger partial charge on any atom is -0.489 e. The van der Waals surface area contributed by atoms with E-state index in [4.69, 9.17) is 14.2 Å². The van der Waals surface area contributed by atoms with Crippen LogP contribution in [0.3, 0.4) is 0 Å². The van der Waals surface area contributed by atoms with Crippen molar-refractivity contribution in [3.05, 3.63) is 89.5 Å². The minimum absolute atomic E-state index is 0.138. The number of carbonyl (C=O) groups excluding carboxylic acids is 3. The fourth-order valence-electron chi connectivity index (χ4n) is 2.76. The highest BCUT2D eigenvalue weighted by atomic mass is 16.5. The fourth-order valence-corrected chi connectivity index (χ4v) is 2.76. The molecule has 0 aliphatic rings. The van der Waals surface area contributed by atoms with Crippen LogP contribution in [0, 0.1) is 0 Å². The molecule has 0 saturated heterocycles. The molecule has 0 radical (unpaired) electrons. The molecule has 168 valence electrons. The summed E-state index contributed by atoms with van der Waals surface area (Å²) in [7, 11) is 0. The zero-order chi connectivity index (χ0) is 23.6. The Morgan fingerprint density at radius 2 is 1.52 bits per heavy atom. The molecule has 0 unspecified atom stereocenters. The summed E-state index contributed by atoms with van der Waals surface area (Å²) < 4.78 is 15.8. The topological polar surface area (TPSA) is 103 Å². The Balaban J connectivity index is 1.60. The second-order valence-corrected chi connectivity index (χ2v) is 6.88. The number of carbonyl (C=O) groups is 3. The van der Waals surface area contributed by atoms with Crippen LogP contribution in [0.4, 0.5) is 0 Å². The Kier molecular flexibility index (Phi) is 7.91. The van der Waals surface area contributed by atoms with Crippen LogP contribution in [0.15, 0.2) is 77.9 Å². The van der Waals surface area contributed by atoms with Crippen molar-refractivity contribution < 1.29 is 28.6 Å². The van der Waals surface area contributed by atoms with E-state index in [9.17, 15) is 14.4 Å². The SMILES string of the molecule is CC(=O)Oc1ccc(/C=N/NC(=O)c2ccc(OCc3ccccc3)cc2)c(OC(C)=O)c1. The van der Waals surface area contributed by atoms with E-state index in [1.54, 1.807) is 30.3 Å². The van der Waals surface area contributed by atoms with Crippen molar-refractivity contribution in [1.29, 1.82) is 0 Å². The van der Waals surface area contributed by atoms with Crippen molar-refractivity contribution in [2.24, 2.45) is 5.10 Å². The van der Waals surface area contributed by atoms with Gasteiger partial charge in [-0.3, -0.25) is 14.4 Å². The summed E-state index contributed by atoms with van der Waals surface area (Å²) in [6.45, 7) is 2.93. The van der Waals surface area contributed by atoms with E-state index in [0.29, 0.717) is 23.5 Å². The van der Waals surface area contributed by atoms with Gasteiger partial charge in [0.2, 0.25) is 0 Å². The van der Waals surface area contributed by atoms with Crippen LogP contribution >= 0.6 is 0 Å². The molecule has 0 saturated carbocycles. The lowest BCUT2D eigenvalue weighted by atomic mass is 10.2. The number of rotatable bonds is 8. The summed E-state index contributed by atoms with van der Waals surface area (Å²) in [5.41, 5.74) is 4.26. The Hall–Kier alpha value is -4.46. The van der Waals surface area contributed by atoms with E-state index >= 15 is 0 Å². The number of hydrogen-bond donors (Lipinski definition) is 1. The van der Waals surface area contributed by atoms with Gasteiger partial charge in [0.15, 0.2) is 0 Å². The quantitative estimate of drug-likeness (QED) is 0.244. The number of esters is 2. The molecular formula is C25H22N2O6. The van der Waals surface area contributed by atoms with E-state index in [1.165, 1.54) is 32.2 Å². The molecular weight excluding hydrogens is 424 g/mol. The van der Waals surface area contributed by atoms with Crippen molar-refractivity contribution in [2.75, 3.05) is 0 Å². The van der Waals surface area contributed by atoms with E-state index in [2.05, 4.69) is 10.5 Å². The highest BCUT2D eigenvalue weighted by Gasteiger charge is 2.09. The first-order valence-corrected chi connectivity index (χ1v) is 10.0. The summed E-state index contributed by atoms with van der Waals surface area (Å²) in [6, 6.07) is 20.9. The highest BCUT2D eigenvalue weighted by molar-refractivity contribution is 5.95. The van der Waals surface area contributed by atoms with Gasteiger partial charge in [0.25, 0.3) is 5.91 Å². The van der Waals surface area contributed by atoms with Crippen molar-refractivity contribution in [1.82, 2.24) is 5.43 Å². The Morgan fingerprint density at radius 3 is 2.18 bits per heavy atom. The smallest absolute Gasteiger partial charge is 0.308 e. The Bertz CT molecular complexity index is 1160. The molecule has 3 rings (SSSR count). The maximum atomic E-state index is 12.4.